The molecule has 3 aliphatic rings. The molecule has 3 aromatic rings. The van der Waals surface area contributed by atoms with Crippen molar-refractivity contribution in [3.8, 4) is 0 Å². The molecule has 6 rings (SSSR count). The summed E-state index contributed by atoms with van der Waals surface area (Å²) in [7, 11) is -4.13. The van der Waals surface area contributed by atoms with Crippen LogP contribution in [0.5, 0.6) is 0 Å². The predicted octanol–water partition coefficient (Wildman–Crippen LogP) is 3.40. The number of anilines is 1. The summed E-state index contributed by atoms with van der Waals surface area (Å²) in [5, 5.41) is 30.5. The van der Waals surface area contributed by atoms with Gasteiger partial charge in [-0.3, -0.25) is 4.57 Å². The number of aromatic amines is 1. The number of rotatable bonds is 16. The van der Waals surface area contributed by atoms with E-state index in [9.17, 15) is 9.67 Å². The lowest BCUT2D eigenvalue weighted by molar-refractivity contribution is -0.200. The van der Waals surface area contributed by atoms with Crippen molar-refractivity contribution in [2.24, 2.45) is 0 Å². The maximum atomic E-state index is 14.2. The molecule has 5 atom stereocenters. The van der Waals surface area contributed by atoms with Crippen LogP contribution in [-0.2, 0) is 43.9 Å². The largest absolute Gasteiger partial charge is 0.393 e. The Bertz CT molecular complexity index is 1530. The number of halogens is 1. The first-order valence-corrected chi connectivity index (χ1v) is 17.8. The third kappa shape index (κ3) is 7.06. The summed E-state index contributed by atoms with van der Waals surface area (Å²) in [4.78, 5) is 4.48. The Labute approximate surface area is 276 Å². The van der Waals surface area contributed by atoms with Crippen molar-refractivity contribution in [3.05, 3.63) is 28.9 Å². The molecule has 17 nitrogen and oxygen atoms in total. The number of aliphatic hydroxyl groups is 1. The monoisotopic (exact) mass is 700 g/mol. The number of aliphatic hydroxyl groups excluding tert-OH is 1. The molecule has 0 bridgehead atoms. The number of hydrogen-bond donors (Lipinski definition) is 3. The van der Waals surface area contributed by atoms with E-state index in [0.717, 1.165) is 18.4 Å². The van der Waals surface area contributed by atoms with Crippen LogP contribution in [0.1, 0.15) is 71.0 Å². The van der Waals surface area contributed by atoms with Gasteiger partial charge in [0.05, 0.1) is 38.7 Å². The maximum absolute atomic E-state index is 14.2. The fourth-order valence-electron chi connectivity index (χ4n) is 6.40. The molecule has 47 heavy (non-hydrogen) atoms. The van der Waals surface area contributed by atoms with Crippen molar-refractivity contribution in [1.29, 1.82) is 0 Å². The molecule has 5 heterocycles. The minimum Gasteiger partial charge on any atom is -0.393 e. The maximum Gasteiger partial charge on any atom is 0.367 e. The number of aromatic nitrogens is 7. The lowest BCUT2D eigenvalue weighted by atomic mass is 10.1. The highest BCUT2D eigenvalue weighted by Crippen LogP contribution is 2.61. The zero-order chi connectivity index (χ0) is 33.2. The molecule has 3 aromatic heterocycles. The molecule has 0 aromatic carbocycles. The number of H-pyrrole nitrogens is 1. The van der Waals surface area contributed by atoms with Gasteiger partial charge in [0.2, 0.25) is 10.6 Å². The second-order valence-corrected chi connectivity index (χ2v) is 14.8. The fraction of sp³-hybridized carbons (Fsp3) is 0.750. The summed E-state index contributed by atoms with van der Waals surface area (Å²) in [5.74, 6) is -0.0244. The van der Waals surface area contributed by atoms with Crippen LogP contribution in [0.3, 0.4) is 0 Å². The van der Waals surface area contributed by atoms with Crippen LogP contribution in [0, 0.1) is 0 Å². The van der Waals surface area contributed by atoms with Crippen molar-refractivity contribution in [2.45, 2.75) is 102 Å². The number of hydrogen-bond acceptors (Lipinski definition) is 15. The van der Waals surface area contributed by atoms with Crippen LogP contribution in [0.25, 0.3) is 5.52 Å². The molecular weight excluding hydrogens is 659 g/mol. The minimum absolute atomic E-state index is 0.0361. The molecule has 2 aliphatic heterocycles. The van der Waals surface area contributed by atoms with Gasteiger partial charge in [0.1, 0.15) is 36.5 Å². The Hall–Kier alpha value is -2.31. The first-order valence-electron chi connectivity index (χ1n) is 15.9. The van der Waals surface area contributed by atoms with Crippen LogP contribution in [-0.4, -0.2) is 109 Å². The van der Waals surface area contributed by atoms with Gasteiger partial charge in [0, 0.05) is 6.04 Å². The quantitative estimate of drug-likeness (QED) is 0.184. The van der Waals surface area contributed by atoms with Gasteiger partial charge in [-0.25, -0.2) is 4.52 Å². The lowest BCUT2D eigenvalue weighted by Gasteiger charge is -2.37. The second kappa shape index (κ2) is 14.3. The Balaban J connectivity index is 1.27. The molecule has 0 unspecified atom stereocenters. The highest BCUT2D eigenvalue weighted by Gasteiger charge is 2.58. The van der Waals surface area contributed by atoms with Crippen molar-refractivity contribution in [3.63, 3.8) is 0 Å². The van der Waals surface area contributed by atoms with Gasteiger partial charge < -0.3 is 43.2 Å². The van der Waals surface area contributed by atoms with Gasteiger partial charge in [-0.15, -0.1) is 15.3 Å². The number of tetrazole rings is 1. The van der Waals surface area contributed by atoms with Crippen LogP contribution in [0.4, 0.5) is 5.82 Å². The Morgan fingerprint density at radius 1 is 1.19 bits per heavy atom. The van der Waals surface area contributed by atoms with E-state index >= 15 is 0 Å². The van der Waals surface area contributed by atoms with Crippen LogP contribution in [0.15, 0.2) is 12.1 Å². The third-order valence-electron chi connectivity index (χ3n) is 8.46. The first-order chi connectivity index (χ1) is 22.6. The van der Waals surface area contributed by atoms with E-state index in [2.05, 4.69) is 36.0 Å². The molecule has 0 amide bonds. The highest BCUT2D eigenvalue weighted by atomic mass is 35.5. The topological polar surface area (TPSA) is 199 Å². The van der Waals surface area contributed by atoms with E-state index in [-0.39, 0.29) is 44.1 Å². The molecule has 19 heteroatoms. The number of ether oxygens (including phenoxy) is 5. The van der Waals surface area contributed by atoms with Gasteiger partial charge in [-0.1, -0.05) is 18.1 Å². The number of fused-ring (bicyclic) bond motifs is 2. The van der Waals surface area contributed by atoms with E-state index in [1.54, 1.807) is 18.4 Å². The number of nitrogens with zero attached hydrogens (tertiary/aromatic N) is 6. The molecule has 0 radical (unpaired) electrons. The first kappa shape index (κ1) is 34.5. The zero-order valence-corrected chi connectivity index (χ0v) is 28.5. The van der Waals surface area contributed by atoms with Crippen molar-refractivity contribution in [2.75, 3.05) is 38.4 Å². The molecule has 1 aliphatic carbocycles. The van der Waals surface area contributed by atoms with Gasteiger partial charge in [-0.2, -0.15) is 10.2 Å². The molecular formula is C28H42ClN8O9P. The fourth-order valence-corrected chi connectivity index (χ4v) is 8.44. The van der Waals surface area contributed by atoms with Crippen LogP contribution < -0.4 is 5.32 Å². The van der Waals surface area contributed by atoms with E-state index in [4.69, 9.17) is 44.3 Å². The molecule has 3 N–H and O–H groups in total. The third-order valence-corrected chi connectivity index (χ3v) is 11.2. The SMILES string of the molecule is CCOP(=O)(OCC)[C@@](CO)(COCc1nn[nH]n1)OC[C@H]1O[C@H](c2ccc3c(NC4CCCC4)nc(Cl)nn23)[C@@H]2OC(C)(C)O[C@@H]21. The van der Waals surface area contributed by atoms with Crippen molar-refractivity contribution in [1.82, 2.24) is 35.2 Å². The summed E-state index contributed by atoms with van der Waals surface area (Å²) in [6, 6.07) is 4.14. The molecule has 1 saturated carbocycles. The van der Waals surface area contributed by atoms with E-state index in [1.165, 1.54) is 12.8 Å². The summed E-state index contributed by atoms with van der Waals surface area (Å²) < 4.78 is 58.5. The van der Waals surface area contributed by atoms with Gasteiger partial charge in [0.25, 0.3) is 0 Å². The zero-order valence-electron chi connectivity index (χ0n) is 26.8. The van der Waals surface area contributed by atoms with Gasteiger partial charge >= 0.3 is 7.60 Å². The molecule has 260 valence electrons. The summed E-state index contributed by atoms with van der Waals surface area (Å²) in [6.45, 7) is 5.65. The predicted molar refractivity (Wildman–Crippen MR) is 166 cm³/mol. The smallest absolute Gasteiger partial charge is 0.367 e. The minimum atomic E-state index is -4.13. The standard InChI is InChI=1S/C28H42ClN8O9P/c1-5-42-47(39,43-6-2)28(15-38,16-40-14-21-32-35-36-33-21)41-13-20-23-24(46-27(3,4)45-23)22(44-20)18-11-12-19-25(30-17-9-7-8-10-17)31-26(29)34-37(18)19/h11-12,17,20,22-24,38H,5-10,13-16H2,1-4H3,(H,30,31,34)(H,32,33,35,36)/t20-,22-,23-,24+,28+/m1/s1. The van der Waals surface area contributed by atoms with Gasteiger partial charge in [0.15, 0.2) is 17.4 Å². The van der Waals surface area contributed by atoms with Crippen molar-refractivity contribution >= 4 is 30.5 Å². The average Bonchev–Trinajstić information content (AvgIpc) is 3.86. The number of nitrogens with one attached hydrogen (secondary N) is 2. The summed E-state index contributed by atoms with van der Waals surface area (Å²) in [5.41, 5.74) is 1.44. The average molecular weight is 701 g/mol. The van der Waals surface area contributed by atoms with Crippen LogP contribution in [0.2, 0.25) is 5.28 Å². The van der Waals surface area contributed by atoms with E-state index in [1.807, 2.05) is 26.0 Å². The van der Waals surface area contributed by atoms with E-state index in [0.29, 0.717) is 17.6 Å². The Morgan fingerprint density at radius 2 is 1.94 bits per heavy atom. The molecule has 0 spiro atoms. The lowest BCUT2D eigenvalue weighted by Crippen LogP contribution is -2.46. The Morgan fingerprint density at radius 3 is 2.62 bits per heavy atom. The normalized spacial score (nSPS) is 25.8. The Kier molecular flexibility index (Phi) is 10.5. The van der Waals surface area contributed by atoms with Crippen molar-refractivity contribution < 1.29 is 42.4 Å². The summed E-state index contributed by atoms with van der Waals surface area (Å²) >= 11 is 6.42. The molecule has 3 fully saturated rings. The van der Waals surface area contributed by atoms with E-state index < -0.39 is 49.7 Å². The summed E-state index contributed by atoms with van der Waals surface area (Å²) in [6.07, 6.45) is 1.94. The molecule has 2 saturated heterocycles. The van der Waals surface area contributed by atoms with Crippen LogP contribution >= 0.6 is 19.2 Å². The highest BCUT2D eigenvalue weighted by molar-refractivity contribution is 7.55. The van der Waals surface area contributed by atoms with Gasteiger partial charge in [-0.05, 0) is 64.3 Å². The second-order valence-electron chi connectivity index (χ2n) is 12.1.